The summed E-state index contributed by atoms with van der Waals surface area (Å²) in [6, 6.07) is 3.61. The molecule has 1 aromatic carbocycles. The maximum atomic E-state index is 12.8. The molecule has 1 amide bonds. The molecule has 1 aliphatic heterocycles. The number of thioether (sulfide) groups is 1. The van der Waals surface area contributed by atoms with Gasteiger partial charge in [0.1, 0.15) is 0 Å². The third-order valence-corrected chi connectivity index (χ3v) is 6.31. The minimum absolute atomic E-state index is 0.0466. The number of nitrogens with one attached hydrogen (secondary N) is 1. The van der Waals surface area contributed by atoms with Gasteiger partial charge in [-0.1, -0.05) is 18.7 Å². The van der Waals surface area contributed by atoms with Crippen molar-refractivity contribution in [1.29, 1.82) is 0 Å². The van der Waals surface area contributed by atoms with E-state index < -0.39 is 0 Å². The second-order valence-electron chi connectivity index (χ2n) is 6.99. The Kier molecular flexibility index (Phi) is 6.91. The molecule has 0 saturated carbocycles. The number of carbonyl (C=O) groups is 1. The molecule has 1 unspecified atom stereocenters. The van der Waals surface area contributed by atoms with Crippen LogP contribution in [0.15, 0.2) is 22.1 Å². The Morgan fingerprint density at radius 2 is 1.90 bits per heavy atom. The number of fused-ring (bicyclic) bond motifs is 1. The Morgan fingerprint density at radius 1 is 1.23 bits per heavy atom. The standard InChI is InChI=1S/C21H27N3O5S/c1-6-15-12(2)23-21-24(20(15)26)10-14(11-30-21)19(25)22-9-13-7-16(27-3)18(29-5)17(8-13)28-4/h7-8,14H,6,9-11H2,1-5H3,(H,22,25). The predicted octanol–water partition coefficient (Wildman–Crippen LogP) is 2.18. The second-order valence-corrected chi connectivity index (χ2v) is 7.97. The fourth-order valence-corrected chi connectivity index (χ4v) is 4.65. The number of ether oxygens (including phenoxy) is 3. The van der Waals surface area contributed by atoms with Gasteiger partial charge >= 0.3 is 0 Å². The van der Waals surface area contributed by atoms with Gasteiger partial charge in [-0.25, -0.2) is 4.98 Å². The molecule has 2 heterocycles. The van der Waals surface area contributed by atoms with Crippen LogP contribution in [-0.4, -0.2) is 42.5 Å². The van der Waals surface area contributed by atoms with Gasteiger partial charge in [0.2, 0.25) is 11.7 Å². The largest absolute Gasteiger partial charge is 0.493 e. The summed E-state index contributed by atoms with van der Waals surface area (Å²) < 4.78 is 17.7. The number of hydrogen-bond acceptors (Lipinski definition) is 7. The molecule has 0 aliphatic carbocycles. The molecule has 0 bridgehead atoms. The Hall–Kier alpha value is -2.68. The lowest BCUT2D eigenvalue weighted by Gasteiger charge is -2.25. The van der Waals surface area contributed by atoms with Crippen LogP contribution < -0.4 is 25.1 Å². The summed E-state index contributed by atoms with van der Waals surface area (Å²) >= 11 is 1.45. The Labute approximate surface area is 179 Å². The van der Waals surface area contributed by atoms with Crippen molar-refractivity contribution < 1.29 is 19.0 Å². The third kappa shape index (κ3) is 4.26. The monoisotopic (exact) mass is 433 g/mol. The highest BCUT2D eigenvalue weighted by molar-refractivity contribution is 7.99. The highest BCUT2D eigenvalue weighted by Gasteiger charge is 2.28. The molecular formula is C21H27N3O5S. The van der Waals surface area contributed by atoms with Crippen molar-refractivity contribution in [2.45, 2.75) is 38.5 Å². The van der Waals surface area contributed by atoms with Crippen molar-refractivity contribution in [3.63, 3.8) is 0 Å². The highest BCUT2D eigenvalue weighted by atomic mass is 32.2. The average molecular weight is 434 g/mol. The van der Waals surface area contributed by atoms with E-state index in [-0.39, 0.29) is 17.4 Å². The van der Waals surface area contributed by atoms with Crippen LogP contribution >= 0.6 is 11.8 Å². The molecule has 1 N–H and O–H groups in total. The molecule has 8 nitrogen and oxygen atoms in total. The minimum Gasteiger partial charge on any atom is -0.493 e. The van der Waals surface area contributed by atoms with Crippen molar-refractivity contribution >= 4 is 17.7 Å². The highest BCUT2D eigenvalue weighted by Crippen LogP contribution is 2.38. The van der Waals surface area contributed by atoms with Crippen LogP contribution in [0.1, 0.15) is 23.7 Å². The van der Waals surface area contributed by atoms with E-state index in [1.165, 1.54) is 11.8 Å². The zero-order valence-corrected chi connectivity index (χ0v) is 18.7. The average Bonchev–Trinajstić information content (AvgIpc) is 2.76. The van der Waals surface area contributed by atoms with Crippen LogP contribution in [0.5, 0.6) is 17.2 Å². The van der Waals surface area contributed by atoms with Crippen LogP contribution in [-0.2, 0) is 24.3 Å². The molecule has 1 atom stereocenters. The number of carbonyl (C=O) groups excluding carboxylic acids is 1. The molecule has 0 fully saturated rings. The first-order valence-corrected chi connectivity index (χ1v) is 10.7. The number of benzene rings is 1. The summed E-state index contributed by atoms with van der Waals surface area (Å²) in [5.41, 5.74) is 2.25. The lowest BCUT2D eigenvalue weighted by Crippen LogP contribution is -2.40. The van der Waals surface area contributed by atoms with Gasteiger partial charge in [-0.2, -0.15) is 0 Å². The number of nitrogens with zero attached hydrogens (tertiary/aromatic N) is 2. The molecule has 0 spiro atoms. The van der Waals surface area contributed by atoms with Gasteiger partial charge in [-0.05, 0) is 31.0 Å². The Morgan fingerprint density at radius 3 is 2.47 bits per heavy atom. The van der Waals surface area contributed by atoms with Gasteiger partial charge in [0, 0.05) is 30.1 Å². The fourth-order valence-electron chi connectivity index (χ4n) is 3.53. The first-order valence-electron chi connectivity index (χ1n) is 9.73. The summed E-state index contributed by atoms with van der Waals surface area (Å²) in [5.74, 6) is 1.73. The van der Waals surface area contributed by atoms with E-state index in [0.29, 0.717) is 53.2 Å². The molecule has 2 aromatic rings. The normalized spacial score (nSPS) is 15.3. The van der Waals surface area contributed by atoms with Crippen molar-refractivity contribution in [2.24, 2.45) is 5.92 Å². The van der Waals surface area contributed by atoms with E-state index in [2.05, 4.69) is 10.3 Å². The summed E-state index contributed by atoms with van der Waals surface area (Å²) in [6.45, 7) is 4.45. The summed E-state index contributed by atoms with van der Waals surface area (Å²) in [6.07, 6.45) is 0.626. The van der Waals surface area contributed by atoms with Gasteiger partial charge < -0.3 is 19.5 Å². The zero-order chi connectivity index (χ0) is 21.8. The maximum absolute atomic E-state index is 12.8. The van der Waals surface area contributed by atoms with Crippen molar-refractivity contribution in [3.05, 3.63) is 39.3 Å². The van der Waals surface area contributed by atoms with Crippen LogP contribution in [0, 0.1) is 12.8 Å². The Balaban J connectivity index is 1.73. The van der Waals surface area contributed by atoms with E-state index in [9.17, 15) is 9.59 Å². The third-order valence-electron chi connectivity index (χ3n) is 5.17. The molecule has 0 radical (unpaired) electrons. The number of amides is 1. The molecule has 1 aliphatic rings. The lowest BCUT2D eigenvalue weighted by atomic mass is 10.1. The summed E-state index contributed by atoms with van der Waals surface area (Å²) in [4.78, 5) is 30.1. The van der Waals surface area contributed by atoms with Crippen LogP contribution in [0.2, 0.25) is 0 Å². The number of rotatable bonds is 7. The van der Waals surface area contributed by atoms with Crippen molar-refractivity contribution in [2.75, 3.05) is 27.1 Å². The van der Waals surface area contributed by atoms with Crippen LogP contribution in [0.25, 0.3) is 0 Å². The van der Waals surface area contributed by atoms with Gasteiger partial charge in [-0.15, -0.1) is 0 Å². The topological polar surface area (TPSA) is 91.7 Å². The Bertz CT molecular complexity index is 980. The SMILES string of the molecule is CCc1c(C)nc2n(c1=O)CC(C(=O)NCc1cc(OC)c(OC)c(OC)c1)CS2. The first-order chi connectivity index (χ1) is 14.4. The lowest BCUT2D eigenvalue weighted by molar-refractivity contribution is -0.125. The predicted molar refractivity (Wildman–Crippen MR) is 115 cm³/mol. The first kappa shape index (κ1) is 22.0. The van der Waals surface area contributed by atoms with Crippen molar-refractivity contribution in [1.82, 2.24) is 14.9 Å². The molecule has 0 saturated heterocycles. The van der Waals surface area contributed by atoms with Crippen LogP contribution in [0.4, 0.5) is 0 Å². The van der Waals surface area contributed by atoms with Gasteiger partial charge in [0.15, 0.2) is 16.7 Å². The number of hydrogen-bond donors (Lipinski definition) is 1. The smallest absolute Gasteiger partial charge is 0.257 e. The molecule has 162 valence electrons. The number of aromatic nitrogens is 2. The zero-order valence-electron chi connectivity index (χ0n) is 17.9. The van der Waals surface area contributed by atoms with E-state index in [4.69, 9.17) is 14.2 Å². The molecule has 1 aromatic heterocycles. The minimum atomic E-state index is -0.309. The maximum Gasteiger partial charge on any atom is 0.257 e. The number of aryl methyl sites for hydroxylation is 1. The number of methoxy groups -OCH3 is 3. The molecule has 3 rings (SSSR count). The molecule has 30 heavy (non-hydrogen) atoms. The molecule has 9 heteroatoms. The summed E-state index contributed by atoms with van der Waals surface area (Å²) in [7, 11) is 4.64. The van der Waals surface area contributed by atoms with Crippen LogP contribution in [0.3, 0.4) is 0 Å². The van der Waals surface area contributed by atoms with Gasteiger partial charge in [0.05, 0.1) is 27.2 Å². The fraction of sp³-hybridized carbons (Fsp3) is 0.476. The second kappa shape index (κ2) is 9.42. The van der Waals surface area contributed by atoms with E-state index in [0.717, 1.165) is 11.3 Å². The molecular weight excluding hydrogens is 406 g/mol. The van der Waals surface area contributed by atoms with Gasteiger partial charge in [-0.3, -0.25) is 14.2 Å². The quantitative estimate of drug-likeness (QED) is 0.669. The van der Waals surface area contributed by atoms with E-state index >= 15 is 0 Å². The van der Waals surface area contributed by atoms with Crippen molar-refractivity contribution in [3.8, 4) is 17.2 Å². The van der Waals surface area contributed by atoms with E-state index in [1.54, 1.807) is 38.0 Å². The summed E-state index contributed by atoms with van der Waals surface area (Å²) in [5, 5.41) is 3.64. The van der Waals surface area contributed by atoms with Gasteiger partial charge in [0.25, 0.3) is 5.56 Å². The van der Waals surface area contributed by atoms with E-state index in [1.807, 2.05) is 13.8 Å².